The van der Waals surface area contributed by atoms with Crippen molar-refractivity contribution in [1.29, 1.82) is 0 Å². The van der Waals surface area contributed by atoms with E-state index in [2.05, 4.69) is 15.4 Å². The molecule has 0 fully saturated rings. The van der Waals surface area contributed by atoms with E-state index in [1.165, 1.54) is 41.0 Å². The van der Waals surface area contributed by atoms with Crippen LogP contribution in [0, 0.1) is 5.82 Å². The summed E-state index contributed by atoms with van der Waals surface area (Å²) in [5.74, 6) is -0.722. The summed E-state index contributed by atoms with van der Waals surface area (Å²) in [5.41, 5.74) is 2.04. The molecule has 7 heteroatoms. The number of hydrogen-bond donors (Lipinski definition) is 2. The fourth-order valence-corrected chi connectivity index (χ4v) is 2.79. The molecule has 0 unspecified atom stereocenters. The predicted molar refractivity (Wildman–Crippen MR) is 98.8 cm³/mol. The van der Waals surface area contributed by atoms with Crippen molar-refractivity contribution < 1.29 is 9.18 Å². The summed E-state index contributed by atoms with van der Waals surface area (Å²) in [4.78, 5) is 29.3. The number of hydrogen-bond acceptors (Lipinski definition) is 3. The zero-order chi connectivity index (χ0) is 18.8. The predicted octanol–water partition coefficient (Wildman–Crippen LogP) is 2.76. The summed E-state index contributed by atoms with van der Waals surface area (Å²) in [6, 6.07) is 16.5. The number of nitrogens with zero attached hydrogens (tertiary/aromatic N) is 2. The second-order valence-corrected chi connectivity index (χ2v) is 6.00. The Hall–Kier alpha value is -3.74. The van der Waals surface area contributed by atoms with Crippen molar-refractivity contribution in [3.8, 4) is 11.3 Å². The molecular weight excluding hydrogens is 347 g/mol. The first-order valence-corrected chi connectivity index (χ1v) is 8.31. The maximum atomic E-state index is 13.1. The smallest absolute Gasteiger partial charge is 0.273 e. The number of benzene rings is 2. The summed E-state index contributed by atoms with van der Waals surface area (Å²) < 4.78 is 14.3. The van der Waals surface area contributed by atoms with Gasteiger partial charge in [-0.1, -0.05) is 30.3 Å². The van der Waals surface area contributed by atoms with Crippen LogP contribution in [0.3, 0.4) is 0 Å². The van der Waals surface area contributed by atoms with Gasteiger partial charge in [-0.25, -0.2) is 13.9 Å². The van der Waals surface area contributed by atoms with Gasteiger partial charge >= 0.3 is 0 Å². The zero-order valence-corrected chi connectivity index (χ0v) is 14.1. The van der Waals surface area contributed by atoms with Crippen LogP contribution in [0.1, 0.15) is 15.9 Å². The lowest BCUT2D eigenvalue weighted by Crippen LogP contribution is -2.23. The van der Waals surface area contributed by atoms with Gasteiger partial charge in [-0.05, 0) is 29.8 Å². The Morgan fingerprint density at radius 1 is 1.11 bits per heavy atom. The summed E-state index contributed by atoms with van der Waals surface area (Å²) in [7, 11) is 0. The average Bonchev–Trinajstić information content (AvgIpc) is 3.12. The van der Waals surface area contributed by atoms with E-state index in [0.717, 1.165) is 5.56 Å². The van der Waals surface area contributed by atoms with E-state index in [-0.39, 0.29) is 28.5 Å². The maximum absolute atomic E-state index is 13.1. The molecule has 0 radical (unpaired) electrons. The third-order valence-corrected chi connectivity index (χ3v) is 4.18. The highest BCUT2D eigenvalue weighted by atomic mass is 19.1. The third kappa shape index (κ3) is 3.35. The van der Waals surface area contributed by atoms with Gasteiger partial charge in [0.25, 0.3) is 11.5 Å². The molecule has 134 valence electrons. The van der Waals surface area contributed by atoms with E-state index in [1.54, 1.807) is 0 Å². The Kier molecular flexibility index (Phi) is 4.25. The quantitative estimate of drug-likeness (QED) is 0.586. The first kappa shape index (κ1) is 16.7. The molecule has 2 heterocycles. The fraction of sp³-hybridized carbons (Fsp3) is 0.0500. The molecule has 2 aromatic carbocycles. The highest BCUT2D eigenvalue weighted by Crippen LogP contribution is 2.18. The Morgan fingerprint density at radius 3 is 2.59 bits per heavy atom. The van der Waals surface area contributed by atoms with Crippen LogP contribution in [-0.4, -0.2) is 20.5 Å². The van der Waals surface area contributed by atoms with E-state index in [1.807, 2.05) is 30.3 Å². The molecule has 4 rings (SSSR count). The second kappa shape index (κ2) is 6.87. The lowest BCUT2D eigenvalue weighted by atomic mass is 10.1. The molecule has 0 atom stereocenters. The average molecular weight is 362 g/mol. The second-order valence-electron chi connectivity index (χ2n) is 6.00. The lowest BCUT2D eigenvalue weighted by Gasteiger charge is -2.05. The minimum Gasteiger partial charge on any atom is -0.348 e. The van der Waals surface area contributed by atoms with Gasteiger partial charge in [0.2, 0.25) is 0 Å². The standard InChI is InChI=1S/C20H15FN4O2/c21-15-8-6-14(7-9-15)17-10-18(26)25-19(24-17)16(12-23-25)20(27)22-11-13-4-2-1-3-5-13/h1-10,12,23H,11H2,(H,22,27). The third-order valence-electron chi connectivity index (χ3n) is 4.18. The van der Waals surface area contributed by atoms with Crippen LogP contribution < -0.4 is 10.9 Å². The number of aromatic amines is 1. The van der Waals surface area contributed by atoms with Crippen molar-refractivity contribution in [2.75, 3.05) is 0 Å². The molecule has 2 N–H and O–H groups in total. The van der Waals surface area contributed by atoms with Gasteiger partial charge < -0.3 is 5.32 Å². The maximum Gasteiger partial charge on any atom is 0.273 e. The van der Waals surface area contributed by atoms with Gasteiger partial charge in [-0.15, -0.1) is 0 Å². The molecule has 0 saturated carbocycles. The van der Waals surface area contributed by atoms with Crippen LogP contribution in [0.15, 0.2) is 71.7 Å². The summed E-state index contributed by atoms with van der Waals surface area (Å²) in [5, 5.41) is 5.56. The highest BCUT2D eigenvalue weighted by molar-refractivity contribution is 5.99. The Labute approximate surface area is 153 Å². The van der Waals surface area contributed by atoms with Crippen molar-refractivity contribution in [2.24, 2.45) is 0 Å². The largest absolute Gasteiger partial charge is 0.348 e. The van der Waals surface area contributed by atoms with Crippen LogP contribution >= 0.6 is 0 Å². The Morgan fingerprint density at radius 2 is 1.85 bits per heavy atom. The number of halogens is 1. The van der Waals surface area contributed by atoms with E-state index < -0.39 is 0 Å². The van der Waals surface area contributed by atoms with Crippen molar-refractivity contribution in [2.45, 2.75) is 6.54 Å². The minimum absolute atomic E-state index is 0.215. The summed E-state index contributed by atoms with van der Waals surface area (Å²) in [6.45, 7) is 0.360. The van der Waals surface area contributed by atoms with Crippen LogP contribution in [0.5, 0.6) is 0 Å². The molecule has 0 bridgehead atoms. The number of fused-ring (bicyclic) bond motifs is 1. The van der Waals surface area contributed by atoms with Gasteiger partial charge in [-0.2, -0.15) is 0 Å². The molecule has 6 nitrogen and oxygen atoms in total. The minimum atomic E-state index is -0.376. The molecule has 0 spiro atoms. The first-order chi connectivity index (χ1) is 13.1. The Bertz CT molecular complexity index is 1160. The zero-order valence-electron chi connectivity index (χ0n) is 14.1. The topological polar surface area (TPSA) is 79.3 Å². The van der Waals surface area contributed by atoms with Gasteiger partial charge in [0, 0.05) is 24.4 Å². The summed E-state index contributed by atoms with van der Waals surface area (Å²) in [6.07, 6.45) is 1.44. The molecule has 0 aliphatic rings. The number of carbonyl (C=O) groups is 1. The van der Waals surface area contributed by atoms with Crippen molar-refractivity contribution >= 4 is 11.6 Å². The van der Waals surface area contributed by atoms with Crippen LogP contribution in [0.25, 0.3) is 16.9 Å². The molecule has 4 aromatic rings. The summed E-state index contributed by atoms with van der Waals surface area (Å²) >= 11 is 0. The number of H-pyrrole nitrogens is 1. The number of rotatable bonds is 4. The number of amides is 1. The molecule has 27 heavy (non-hydrogen) atoms. The van der Waals surface area contributed by atoms with E-state index >= 15 is 0 Å². The molecule has 0 aliphatic carbocycles. The molecule has 0 saturated heterocycles. The SMILES string of the molecule is O=C(NCc1ccccc1)c1c[nH]n2c(=O)cc(-c3ccc(F)cc3)nc12. The molecule has 0 aliphatic heterocycles. The lowest BCUT2D eigenvalue weighted by molar-refractivity contribution is 0.0952. The van der Waals surface area contributed by atoms with Crippen molar-refractivity contribution in [1.82, 2.24) is 19.9 Å². The molecular formula is C20H15FN4O2. The van der Waals surface area contributed by atoms with E-state index in [9.17, 15) is 14.0 Å². The van der Waals surface area contributed by atoms with Crippen LogP contribution in [0.4, 0.5) is 4.39 Å². The van der Waals surface area contributed by atoms with Gasteiger partial charge in [0.05, 0.1) is 5.69 Å². The van der Waals surface area contributed by atoms with Gasteiger partial charge in [0.15, 0.2) is 5.65 Å². The van der Waals surface area contributed by atoms with Gasteiger partial charge in [0.1, 0.15) is 11.4 Å². The number of aromatic nitrogens is 3. The number of carbonyl (C=O) groups excluding carboxylic acids is 1. The molecule has 1 amide bonds. The van der Waals surface area contributed by atoms with Crippen LogP contribution in [-0.2, 0) is 6.54 Å². The Balaban J connectivity index is 1.68. The monoisotopic (exact) mass is 362 g/mol. The van der Waals surface area contributed by atoms with E-state index in [0.29, 0.717) is 17.8 Å². The van der Waals surface area contributed by atoms with Crippen molar-refractivity contribution in [3.63, 3.8) is 0 Å². The van der Waals surface area contributed by atoms with Gasteiger partial charge in [-0.3, -0.25) is 14.7 Å². The first-order valence-electron chi connectivity index (χ1n) is 8.31. The molecule has 2 aromatic heterocycles. The highest BCUT2D eigenvalue weighted by Gasteiger charge is 2.16. The normalized spacial score (nSPS) is 10.9. The fourth-order valence-electron chi connectivity index (χ4n) is 2.79. The van der Waals surface area contributed by atoms with Crippen LogP contribution in [0.2, 0.25) is 0 Å². The van der Waals surface area contributed by atoms with E-state index in [4.69, 9.17) is 0 Å². The van der Waals surface area contributed by atoms with Crippen molar-refractivity contribution in [3.05, 3.63) is 94.2 Å². The number of nitrogens with one attached hydrogen (secondary N) is 2.